The molecule has 1 heterocycles. The molecule has 1 aliphatic heterocycles. The largest absolute Gasteiger partial charge is 0.444 e. The lowest BCUT2D eigenvalue weighted by atomic mass is 9.97. The molecule has 1 aliphatic rings. The van der Waals surface area contributed by atoms with Crippen molar-refractivity contribution < 1.29 is 19.1 Å². The standard InChI is InChI=1S/C23H36N4O4/c1-23(2,3)31-22(30)27-14-10-17(11-15-27)16-25-12-6-7-13-26-21(29)19-9-5-4-8-18(19)20(24)28/h4-5,8-9,17,25H,6-7,10-16H2,1-3H3,(H2,24,28)(H,26,29). The molecule has 0 aliphatic carbocycles. The average molecular weight is 433 g/mol. The summed E-state index contributed by atoms with van der Waals surface area (Å²) in [6, 6.07) is 6.55. The molecule has 1 saturated heterocycles. The first kappa shape index (κ1) is 24.7. The van der Waals surface area contributed by atoms with Gasteiger partial charge in [0.2, 0.25) is 5.91 Å². The number of ether oxygens (including phenoxy) is 1. The predicted molar refractivity (Wildman–Crippen MR) is 120 cm³/mol. The number of nitrogens with two attached hydrogens (primary N) is 1. The van der Waals surface area contributed by atoms with Crippen LogP contribution in [-0.4, -0.2) is 61.1 Å². The van der Waals surface area contributed by atoms with E-state index in [4.69, 9.17) is 10.5 Å². The minimum absolute atomic E-state index is 0.223. The molecule has 4 N–H and O–H groups in total. The maximum absolute atomic E-state index is 12.2. The maximum atomic E-state index is 12.2. The maximum Gasteiger partial charge on any atom is 0.410 e. The Morgan fingerprint density at radius 3 is 2.29 bits per heavy atom. The molecular weight excluding hydrogens is 396 g/mol. The van der Waals surface area contributed by atoms with Gasteiger partial charge in [-0.1, -0.05) is 12.1 Å². The highest BCUT2D eigenvalue weighted by Crippen LogP contribution is 2.19. The Bertz CT molecular complexity index is 752. The van der Waals surface area contributed by atoms with E-state index in [1.807, 2.05) is 20.8 Å². The predicted octanol–water partition coefficient (Wildman–Crippen LogP) is 2.53. The highest BCUT2D eigenvalue weighted by molar-refractivity contribution is 6.06. The minimum Gasteiger partial charge on any atom is -0.444 e. The van der Waals surface area contributed by atoms with Gasteiger partial charge in [0.05, 0.1) is 11.1 Å². The number of piperidine rings is 1. The number of likely N-dealkylation sites (tertiary alicyclic amines) is 1. The Balaban J connectivity index is 1.55. The zero-order chi connectivity index (χ0) is 22.9. The number of carbonyl (C=O) groups is 3. The van der Waals surface area contributed by atoms with Crippen LogP contribution in [-0.2, 0) is 4.74 Å². The summed E-state index contributed by atoms with van der Waals surface area (Å²) in [5.74, 6) is -0.324. The Labute approximate surface area is 184 Å². The number of benzene rings is 1. The quantitative estimate of drug-likeness (QED) is 0.519. The molecule has 1 aromatic carbocycles. The van der Waals surface area contributed by atoms with Gasteiger partial charge >= 0.3 is 6.09 Å². The number of amides is 3. The number of rotatable bonds is 9. The second kappa shape index (κ2) is 11.7. The Kier molecular flexibility index (Phi) is 9.30. The Morgan fingerprint density at radius 1 is 1.06 bits per heavy atom. The summed E-state index contributed by atoms with van der Waals surface area (Å²) in [6.45, 7) is 9.47. The summed E-state index contributed by atoms with van der Waals surface area (Å²) in [5, 5.41) is 6.31. The highest BCUT2D eigenvalue weighted by atomic mass is 16.6. The van der Waals surface area contributed by atoms with Gasteiger partial charge in [-0.05, 0) is 77.6 Å². The third kappa shape index (κ3) is 8.57. The molecule has 8 nitrogen and oxygen atoms in total. The number of hydrogen-bond acceptors (Lipinski definition) is 5. The van der Waals surface area contributed by atoms with Gasteiger partial charge in [0.15, 0.2) is 0 Å². The molecule has 1 aromatic rings. The second-order valence-electron chi connectivity index (χ2n) is 8.99. The second-order valence-corrected chi connectivity index (χ2v) is 8.99. The lowest BCUT2D eigenvalue weighted by molar-refractivity contribution is 0.0184. The van der Waals surface area contributed by atoms with Crippen molar-refractivity contribution in [3.63, 3.8) is 0 Å². The van der Waals surface area contributed by atoms with Crippen LogP contribution in [0.2, 0.25) is 0 Å². The van der Waals surface area contributed by atoms with E-state index in [1.54, 1.807) is 29.2 Å². The number of carbonyl (C=O) groups excluding carboxylic acids is 3. The van der Waals surface area contributed by atoms with Crippen LogP contribution in [0.3, 0.4) is 0 Å². The monoisotopic (exact) mass is 432 g/mol. The number of hydrogen-bond donors (Lipinski definition) is 3. The van der Waals surface area contributed by atoms with Gasteiger partial charge in [0, 0.05) is 19.6 Å². The van der Waals surface area contributed by atoms with Gasteiger partial charge in [-0.2, -0.15) is 0 Å². The molecule has 0 saturated carbocycles. The van der Waals surface area contributed by atoms with Gasteiger partial charge in [-0.15, -0.1) is 0 Å². The molecule has 0 unspecified atom stereocenters. The van der Waals surface area contributed by atoms with Gasteiger partial charge in [-0.25, -0.2) is 4.79 Å². The van der Waals surface area contributed by atoms with Crippen LogP contribution in [0.25, 0.3) is 0 Å². The summed E-state index contributed by atoms with van der Waals surface area (Å²) in [7, 11) is 0. The van der Waals surface area contributed by atoms with Crippen molar-refractivity contribution in [2.75, 3.05) is 32.7 Å². The number of nitrogens with zero attached hydrogens (tertiary/aromatic N) is 1. The molecule has 1 fully saturated rings. The van der Waals surface area contributed by atoms with E-state index in [0.717, 1.165) is 51.9 Å². The molecule has 3 amide bonds. The molecule has 0 radical (unpaired) electrons. The van der Waals surface area contributed by atoms with E-state index < -0.39 is 11.5 Å². The number of nitrogens with one attached hydrogen (secondary N) is 2. The summed E-state index contributed by atoms with van der Waals surface area (Å²) in [6.07, 6.45) is 3.51. The van der Waals surface area contributed by atoms with Crippen molar-refractivity contribution in [3.05, 3.63) is 35.4 Å². The van der Waals surface area contributed by atoms with E-state index in [1.165, 1.54) is 0 Å². The first-order valence-corrected chi connectivity index (χ1v) is 11.0. The van der Waals surface area contributed by atoms with Crippen LogP contribution < -0.4 is 16.4 Å². The molecule has 0 aromatic heterocycles. The molecule has 0 atom stereocenters. The lowest BCUT2D eigenvalue weighted by Crippen LogP contribution is -2.43. The summed E-state index contributed by atoms with van der Waals surface area (Å²) < 4.78 is 5.43. The van der Waals surface area contributed by atoms with Crippen LogP contribution in [0.5, 0.6) is 0 Å². The normalized spacial score (nSPS) is 14.9. The van der Waals surface area contributed by atoms with Crippen LogP contribution in [0.4, 0.5) is 4.79 Å². The van der Waals surface area contributed by atoms with E-state index >= 15 is 0 Å². The third-order valence-corrected chi connectivity index (χ3v) is 5.20. The molecule has 0 spiro atoms. The van der Waals surface area contributed by atoms with E-state index in [2.05, 4.69) is 10.6 Å². The SMILES string of the molecule is CC(C)(C)OC(=O)N1CCC(CNCCCCNC(=O)c2ccccc2C(N)=O)CC1. The van der Waals surface area contributed by atoms with Crippen LogP contribution >= 0.6 is 0 Å². The Morgan fingerprint density at radius 2 is 1.68 bits per heavy atom. The van der Waals surface area contributed by atoms with Crippen molar-refractivity contribution in [1.82, 2.24) is 15.5 Å². The Hall–Kier alpha value is -2.61. The van der Waals surface area contributed by atoms with Crippen molar-refractivity contribution in [1.29, 1.82) is 0 Å². The fourth-order valence-corrected chi connectivity index (χ4v) is 3.52. The minimum atomic E-state index is -0.605. The van der Waals surface area contributed by atoms with E-state index in [-0.39, 0.29) is 17.6 Å². The molecule has 2 rings (SSSR count). The van der Waals surface area contributed by atoms with E-state index in [0.29, 0.717) is 18.0 Å². The summed E-state index contributed by atoms with van der Waals surface area (Å²) >= 11 is 0. The van der Waals surface area contributed by atoms with Crippen molar-refractivity contribution in [3.8, 4) is 0 Å². The topological polar surface area (TPSA) is 114 Å². The van der Waals surface area contributed by atoms with Crippen molar-refractivity contribution in [2.45, 2.75) is 52.1 Å². The number of primary amides is 1. The van der Waals surface area contributed by atoms with Crippen molar-refractivity contribution in [2.24, 2.45) is 11.7 Å². The first-order chi connectivity index (χ1) is 14.7. The third-order valence-electron chi connectivity index (χ3n) is 5.20. The fraction of sp³-hybridized carbons (Fsp3) is 0.609. The zero-order valence-corrected chi connectivity index (χ0v) is 18.9. The zero-order valence-electron chi connectivity index (χ0n) is 18.9. The number of unbranched alkanes of at least 4 members (excludes halogenated alkanes) is 1. The first-order valence-electron chi connectivity index (χ1n) is 11.0. The van der Waals surface area contributed by atoms with Crippen LogP contribution in [0.15, 0.2) is 24.3 Å². The van der Waals surface area contributed by atoms with Crippen molar-refractivity contribution >= 4 is 17.9 Å². The van der Waals surface area contributed by atoms with Crippen LogP contribution in [0, 0.1) is 5.92 Å². The summed E-state index contributed by atoms with van der Waals surface area (Å²) in [5.41, 5.74) is 5.41. The van der Waals surface area contributed by atoms with E-state index in [9.17, 15) is 14.4 Å². The van der Waals surface area contributed by atoms with Gasteiger partial charge in [-0.3, -0.25) is 9.59 Å². The smallest absolute Gasteiger partial charge is 0.410 e. The molecule has 172 valence electrons. The van der Waals surface area contributed by atoms with Gasteiger partial charge in [0.1, 0.15) is 5.60 Å². The average Bonchev–Trinajstić information content (AvgIpc) is 2.72. The molecule has 31 heavy (non-hydrogen) atoms. The summed E-state index contributed by atoms with van der Waals surface area (Å²) in [4.78, 5) is 37.6. The fourth-order valence-electron chi connectivity index (χ4n) is 3.52. The lowest BCUT2D eigenvalue weighted by Gasteiger charge is -2.33. The molecule has 8 heteroatoms. The van der Waals surface area contributed by atoms with Gasteiger partial charge < -0.3 is 26.0 Å². The molecule has 0 bridgehead atoms. The van der Waals surface area contributed by atoms with Gasteiger partial charge in [0.25, 0.3) is 5.91 Å². The highest BCUT2D eigenvalue weighted by Gasteiger charge is 2.26. The van der Waals surface area contributed by atoms with Crippen LogP contribution in [0.1, 0.15) is 67.2 Å². The molecular formula is C23H36N4O4.